The third-order valence-corrected chi connectivity index (χ3v) is 4.78. The predicted octanol–water partition coefficient (Wildman–Crippen LogP) is 3.38. The molecule has 0 radical (unpaired) electrons. The molecule has 1 unspecified atom stereocenters. The minimum Gasteiger partial charge on any atom is -0.465 e. The van der Waals surface area contributed by atoms with Crippen LogP contribution in [0.25, 0.3) is 0 Å². The number of carbonyl (C=O) groups excluding carboxylic acids is 2. The first-order chi connectivity index (χ1) is 13.4. The van der Waals surface area contributed by atoms with Crippen molar-refractivity contribution in [3.8, 4) is 0 Å². The monoisotopic (exact) mass is 427 g/mol. The van der Waals surface area contributed by atoms with E-state index in [1.54, 1.807) is 46.8 Å². The van der Waals surface area contributed by atoms with Crippen LogP contribution in [0.15, 0.2) is 34.3 Å². The highest BCUT2D eigenvalue weighted by molar-refractivity contribution is 7.86. The zero-order valence-corrected chi connectivity index (χ0v) is 18.5. The Morgan fingerprint density at radius 1 is 1.10 bits per heavy atom. The molecule has 0 saturated heterocycles. The van der Waals surface area contributed by atoms with E-state index in [1.807, 2.05) is 6.92 Å². The third kappa shape index (κ3) is 8.64. The molecule has 1 atom stereocenters. The van der Waals surface area contributed by atoms with Crippen molar-refractivity contribution < 1.29 is 31.8 Å². The van der Waals surface area contributed by atoms with Crippen LogP contribution in [0.2, 0.25) is 0 Å². The molecule has 162 valence electrons. The van der Waals surface area contributed by atoms with Crippen molar-refractivity contribution in [3.63, 3.8) is 0 Å². The molecule has 1 aromatic rings. The second-order valence-corrected chi connectivity index (χ2v) is 9.07. The zero-order chi connectivity index (χ0) is 22.2. The number of hydrogen-bond donors (Lipinski definition) is 0. The number of esters is 2. The van der Waals surface area contributed by atoms with Crippen LogP contribution >= 0.6 is 0 Å². The van der Waals surface area contributed by atoms with E-state index >= 15 is 0 Å². The van der Waals surface area contributed by atoms with Crippen LogP contribution in [0, 0.1) is 12.8 Å². The summed E-state index contributed by atoms with van der Waals surface area (Å²) in [5, 5.41) is 3.63. The van der Waals surface area contributed by atoms with Gasteiger partial charge in [0.05, 0.1) is 12.3 Å². The number of ether oxygens (including phenoxy) is 2. The first kappa shape index (κ1) is 24.6. The average molecular weight is 428 g/mol. The summed E-state index contributed by atoms with van der Waals surface area (Å²) in [4.78, 5) is 24.4. The molecular formula is C20H29NO7S. The highest BCUT2D eigenvalue weighted by atomic mass is 32.2. The topological polar surface area (TPSA) is 108 Å². The Balaban J connectivity index is 2.80. The van der Waals surface area contributed by atoms with E-state index in [9.17, 15) is 18.0 Å². The third-order valence-electron chi connectivity index (χ3n) is 3.66. The van der Waals surface area contributed by atoms with Gasteiger partial charge >= 0.3 is 22.1 Å². The fourth-order valence-corrected chi connectivity index (χ4v) is 2.99. The summed E-state index contributed by atoms with van der Waals surface area (Å²) in [6.45, 7) is 10.2. The number of oxime groups is 1. The van der Waals surface area contributed by atoms with E-state index in [2.05, 4.69) is 5.16 Å². The van der Waals surface area contributed by atoms with Gasteiger partial charge in [0.1, 0.15) is 10.5 Å². The van der Waals surface area contributed by atoms with Gasteiger partial charge in [-0.3, -0.25) is 13.9 Å². The number of benzene rings is 1. The summed E-state index contributed by atoms with van der Waals surface area (Å²) >= 11 is 0. The molecular weight excluding hydrogens is 398 g/mol. The van der Waals surface area contributed by atoms with Crippen molar-refractivity contribution in [3.05, 3.63) is 29.8 Å². The molecule has 0 aromatic heterocycles. The molecule has 0 bridgehead atoms. The van der Waals surface area contributed by atoms with Crippen molar-refractivity contribution in [2.75, 3.05) is 6.61 Å². The van der Waals surface area contributed by atoms with Crippen LogP contribution in [-0.2, 0) is 33.5 Å². The van der Waals surface area contributed by atoms with Gasteiger partial charge in [0.15, 0.2) is 5.92 Å². The van der Waals surface area contributed by atoms with Gasteiger partial charge in [0, 0.05) is 0 Å². The lowest BCUT2D eigenvalue weighted by Gasteiger charge is -2.23. The highest BCUT2D eigenvalue weighted by Crippen LogP contribution is 2.18. The van der Waals surface area contributed by atoms with Crippen molar-refractivity contribution in [1.29, 1.82) is 0 Å². The maximum Gasteiger partial charge on any atom is 0.358 e. The average Bonchev–Trinajstić information content (AvgIpc) is 2.59. The van der Waals surface area contributed by atoms with Gasteiger partial charge in [-0.05, 0) is 66.5 Å². The molecule has 0 fully saturated rings. The van der Waals surface area contributed by atoms with Gasteiger partial charge in [-0.25, -0.2) is 0 Å². The Labute approximate surface area is 172 Å². The van der Waals surface area contributed by atoms with Gasteiger partial charge in [0.25, 0.3) is 0 Å². The molecule has 0 amide bonds. The maximum atomic E-state index is 12.3. The minimum atomic E-state index is -4.05. The summed E-state index contributed by atoms with van der Waals surface area (Å²) in [7, 11) is -4.05. The Kier molecular flexibility index (Phi) is 8.81. The van der Waals surface area contributed by atoms with E-state index in [0.717, 1.165) is 5.56 Å². The molecule has 0 aliphatic rings. The lowest BCUT2D eigenvalue weighted by atomic mass is 10.0. The minimum absolute atomic E-state index is 0.0159. The van der Waals surface area contributed by atoms with Gasteiger partial charge in [0.2, 0.25) is 0 Å². The fourth-order valence-electron chi connectivity index (χ4n) is 2.21. The molecule has 0 N–H and O–H groups in total. The summed E-state index contributed by atoms with van der Waals surface area (Å²) in [5.74, 6) is -2.52. The molecule has 9 heteroatoms. The van der Waals surface area contributed by atoms with Crippen molar-refractivity contribution >= 4 is 27.8 Å². The van der Waals surface area contributed by atoms with Crippen LogP contribution in [-0.4, -0.2) is 38.3 Å². The molecule has 0 spiro atoms. The first-order valence-electron chi connectivity index (χ1n) is 9.29. The van der Waals surface area contributed by atoms with E-state index in [1.165, 1.54) is 12.1 Å². The SMILES string of the molecule is CCOC(=O)C(CC/C(C)=N/OS(=O)(=O)c1ccc(C)cc1)C(=O)OC(C)(C)C. The highest BCUT2D eigenvalue weighted by Gasteiger charge is 2.32. The quantitative estimate of drug-likeness (QED) is 0.257. The Hall–Kier alpha value is -2.42. The van der Waals surface area contributed by atoms with E-state index in [0.29, 0.717) is 5.71 Å². The second kappa shape index (κ2) is 10.4. The standard InChI is InChI=1S/C20H29NO7S/c1-7-26-18(22)17(19(23)27-20(4,5)6)13-10-15(3)21-28-29(24,25)16-11-8-14(2)9-12-16/h8-9,11-12,17H,7,10,13H2,1-6H3/b21-15+. The fraction of sp³-hybridized carbons (Fsp3) is 0.550. The molecule has 0 aliphatic heterocycles. The molecule has 1 aromatic carbocycles. The lowest BCUT2D eigenvalue weighted by molar-refractivity contribution is -0.169. The number of carbonyl (C=O) groups is 2. The zero-order valence-electron chi connectivity index (χ0n) is 17.7. The summed E-state index contributed by atoms with van der Waals surface area (Å²) < 4.78 is 39.3. The molecule has 0 heterocycles. The largest absolute Gasteiger partial charge is 0.465 e. The molecule has 0 aliphatic carbocycles. The molecule has 29 heavy (non-hydrogen) atoms. The molecule has 1 rings (SSSR count). The van der Waals surface area contributed by atoms with Crippen molar-refractivity contribution in [2.45, 2.75) is 64.9 Å². The normalized spacial score (nSPS) is 13.5. The van der Waals surface area contributed by atoms with Crippen LogP contribution in [0.4, 0.5) is 0 Å². The summed E-state index contributed by atoms with van der Waals surface area (Å²) in [5.41, 5.74) is 0.463. The predicted molar refractivity (Wildman–Crippen MR) is 108 cm³/mol. The van der Waals surface area contributed by atoms with Gasteiger partial charge in [-0.1, -0.05) is 22.9 Å². The van der Waals surface area contributed by atoms with E-state index in [4.69, 9.17) is 13.8 Å². The summed E-state index contributed by atoms with van der Waals surface area (Å²) in [6.07, 6.45) is 0.198. The first-order valence-corrected chi connectivity index (χ1v) is 10.7. The van der Waals surface area contributed by atoms with Crippen LogP contribution < -0.4 is 0 Å². The maximum absolute atomic E-state index is 12.3. The summed E-state index contributed by atoms with van der Waals surface area (Å²) in [6, 6.07) is 6.15. The van der Waals surface area contributed by atoms with Crippen molar-refractivity contribution in [1.82, 2.24) is 0 Å². The van der Waals surface area contributed by atoms with Gasteiger partial charge in [-0.15, -0.1) is 0 Å². The van der Waals surface area contributed by atoms with Gasteiger partial charge < -0.3 is 9.47 Å². The van der Waals surface area contributed by atoms with Crippen molar-refractivity contribution in [2.24, 2.45) is 11.1 Å². The smallest absolute Gasteiger partial charge is 0.358 e. The number of hydrogen-bond acceptors (Lipinski definition) is 8. The van der Waals surface area contributed by atoms with Crippen LogP contribution in [0.5, 0.6) is 0 Å². The van der Waals surface area contributed by atoms with Gasteiger partial charge in [-0.2, -0.15) is 8.42 Å². The van der Waals surface area contributed by atoms with E-state index < -0.39 is 33.6 Å². The number of aryl methyl sites for hydroxylation is 1. The van der Waals surface area contributed by atoms with E-state index in [-0.39, 0.29) is 24.3 Å². The second-order valence-electron chi connectivity index (χ2n) is 7.55. The number of nitrogens with zero attached hydrogens (tertiary/aromatic N) is 1. The van der Waals surface area contributed by atoms with Crippen LogP contribution in [0.3, 0.4) is 0 Å². The Morgan fingerprint density at radius 2 is 1.69 bits per heavy atom. The number of rotatable bonds is 9. The molecule has 0 saturated carbocycles. The van der Waals surface area contributed by atoms with Crippen LogP contribution in [0.1, 0.15) is 53.0 Å². The molecule has 8 nitrogen and oxygen atoms in total. The Bertz CT molecular complexity index is 837. The Morgan fingerprint density at radius 3 is 2.21 bits per heavy atom. The lowest BCUT2D eigenvalue weighted by Crippen LogP contribution is -2.34.